The van der Waals surface area contributed by atoms with Crippen molar-refractivity contribution < 1.29 is 40.7 Å². The van der Waals surface area contributed by atoms with E-state index in [1.807, 2.05) is 13.0 Å². The molecule has 7 atom stereocenters. The van der Waals surface area contributed by atoms with Crippen LogP contribution in [0.4, 0.5) is 32.0 Å². The molecule has 0 spiro atoms. The maximum atomic E-state index is 13.6. The number of fused-ring (bicyclic) bond motifs is 5. The minimum atomic E-state index is -4.92. The molecule has 3 saturated carbocycles. The fraction of sp³-hybridized carbons (Fsp3) is 0.630. The van der Waals surface area contributed by atoms with E-state index >= 15 is 0 Å². The van der Waals surface area contributed by atoms with E-state index in [0.717, 1.165) is 12.8 Å². The van der Waals surface area contributed by atoms with Crippen molar-refractivity contribution >= 4 is 17.6 Å². The number of amides is 1. The number of hydrogen-bond donors (Lipinski definition) is 1. The van der Waals surface area contributed by atoms with Gasteiger partial charge in [-0.2, -0.15) is 26.3 Å². The zero-order chi connectivity index (χ0) is 27.0. The summed E-state index contributed by atoms with van der Waals surface area (Å²) in [6, 6.07) is 1.11. The molecule has 4 unspecified atom stereocenters. The topological polar surface area (TPSA) is 55.4 Å². The van der Waals surface area contributed by atoms with Crippen LogP contribution in [0.15, 0.2) is 30.4 Å². The number of nitrogens with one attached hydrogen (secondary N) is 1. The molecule has 5 rings (SSSR count). The fourth-order valence-electron chi connectivity index (χ4n) is 7.92. The molecule has 0 saturated heterocycles. The van der Waals surface area contributed by atoms with E-state index in [1.54, 1.807) is 0 Å². The summed E-state index contributed by atoms with van der Waals surface area (Å²) < 4.78 is 86.0. The van der Waals surface area contributed by atoms with Crippen molar-refractivity contribution in [1.82, 2.24) is 0 Å². The highest BCUT2D eigenvalue weighted by Gasteiger charge is 2.61. The SMILES string of the molecule is C[C@]12CCC3C(CC[C@H]4OC(=O)C=C[C@]34C)C1CCC2C(=O)Nc1cc(C(F)(F)F)ccc1C(F)(F)F. The van der Waals surface area contributed by atoms with Gasteiger partial charge < -0.3 is 10.1 Å². The third-order valence-corrected chi connectivity index (χ3v) is 9.76. The van der Waals surface area contributed by atoms with Gasteiger partial charge in [0.1, 0.15) is 6.10 Å². The number of carbonyl (C=O) groups is 2. The van der Waals surface area contributed by atoms with Crippen LogP contribution in [0, 0.1) is 34.5 Å². The molecule has 0 radical (unpaired) electrons. The van der Waals surface area contributed by atoms with Gasteiger partial charge in [0.05, 0.1) is 16.8 Å². The quantitative estimate of drug-likeness (QED) is 0.332. The van der Waals surface area contributed by atoms with Gasteiger partial charge in [-0.1, -0.05) is 19.9 Å². The van der Waals surface area contributed by atoms with Gasteiger partial charge in [0.25, 0.3) is 0 Å². The summed E-state index contributed by atoms with van der Waals surface area (Å²) in [6.07, 6.45) is -2.39. The molecule has 0 aromatic heterocycles. The normalized spacial score (nSPS) is 37.3. The van der Waals surface area contributed by atoms with Crippen LogP contribution in [0.1, 0.15) is 63.5 Å². The highest BCUT2D eigenvalue weighted by molar-refractivity contribution is 5.94. The van der Waals surface area contributed by atoms with Crippen LogP contribution < -0.4 is 5.32 Å². The number of ether oxygens (including phenoxy) is 1. The Labute approximate surface area is 210 Å². The van der Waals surface area contributed by atoms with Gasteiger partial charge in [-0.15, -0.1) is 0 Å². The number of esters is 1. The van der Waals surface area contributed by atoms with Crippen LogP contribution in [0.25, 0.3) is 0 Å². The lowest BCUT2D eigenvalue weighted by Gasteiger charge is -2.58. The molecule has 1 amide bonds. The Morgan fingerprint density at radius 3 is 2.38 bits per heavy atom. The number of hydrogen-bond acceptors (Lipinski definition) is 3. The van der Waals surface area contributed by atoms with Crippen molar-refractivity contribution in [2.75, 3.05) is 5.32 Å². The predicted octanol–water partition coefficient (Wildman–Crippen LogP) is 7.00. The van der Waals surface area contributed by atoms with E-state index in [0.29, 0.717) is 43.9 Å². The van der Waals surface area contributed by atoms with E-state index in [2.05, 4.69) is 12.2 Å². The van der Waals surface area contributed by atoms with E-state index < -0.39 is 46.4 Å². The van der Waals surface area contributed by atoms with Gasteiger partial charge in [0, 0.05) is 17.4 Å². The fourth-order valence-corrected chi connectivity index (χ4v) is 7.92. The van der Waals surface area contributed by atoms with Gasteiger partial charge in [-0.25, -0.2) is 4.79 Å². The Kier molecular flexibility index (Phi) is 5.99. The minimum Gasteiger partial charge on any atom is -0.458 e. The molecule has 4 nitrogen and oxygen atoms in total. The van der Waals surface area contributed by atoms with Crippen molar-refractivity contribution in [3.05, 3.63) is 41.5 Å². The third kappa shape index (κ3) is 4.24. The van der Waals surface area contributed by atoms with Crippen LogP contribution in [0.5, 0.6) is 0 Å². The van der Waals surface area contributed by atoms with Crippen molar-refractivity contribution in [2.45, 2.75) is 70.8 Å². The number of rotatable bonds is 2. The van der Waals surface area contributed by atoms with Crippen molar-refractivity contribution in [1.29, 1.82) is 0 Å². The first-order valence-corrected chi connectivity index (χ1v) is 12.6. The second-order valence-corrected chi connectivity index (χ2v) is 11.5. The summed E-state index contributed by atoms with van der Waals surface area (Å²) in [7, 11) is 0. The molecule has 0 bridgehead atoms. The Morgan fingerprint density at radius 2 is 1.70 bits per heavy atom. The number of carbonyl (C=O) groups excluding carboxylic acids is 2. The first-order chi connectivity index (χ1) is 17.1. The average molecular weight is 530 g/mol. The largest absolute Gasteiger partial charge is 0.458 e. The van der Waals surface area contributed by atoms with E-state index in [1.165, 1.54) is 6.08 Å². The van der Waals surface area contributed by atoms with Crippen LogP contribution in [-0.4, -0.2) is 18.0 Å². The molecule has 1 aliphatic heterocycles. The highest BCUT2D eigenvalue weighted by Crippen LogP contribution is 2.65. The predicted molar refractivity (Wildman–Crippen MR) is 122 cm³/mol. The molecule has 37 heavy (non-hydrogen) atoms. The molecule has 1 heterocycles. The lowest BCUT2D eigenvalue weighted by atomic mass is 9.48. The molecular formula is C27H29F6NO3. The average Bonchev–Trinajstić information content (AvgIpc) is 3.15. The van der Waals surface area contributed by atoms with E-state index in [4.69, 9.17) is 4.74 Å². The molecule has 3 aliphatic carbocycles. The first-order valence-electron chi connectivity index (χ1n) is 12.6. The lowest BCUT2D eigenvalue weighted by molar-refractivity contribution is -0.167. The Morgan fingerprint density at radius 1 is 0.973 bits per heavy atom. The Hall–Kier alpha value is -2.52. The number of anilines is 1. The zero-order valence-electron chi connectivity index (χ0n) is 20.5. The van der Waals surface area contributed by atoms with Gasteiger partial charge >= 0.3 is 18.3 Å². The van der Waals surface area contributed by atoms with Gasteiger partial charge in [0.2, 0.25) is 5.91 Å². The second kappa shape index (κ2) is 8.50. The summed E-state index contributed by atoms with van der Waals surface area (Å²) in [5, 5.41) is 2.23. The summed E-state index contributed by atoms with van der Waals surface area (Å²) in [5.41, 5.74) is -4.21. The summed E-state index contributed by atoms with van der Waals surface area (Å²) >= 11 is 0. The van der Waals surface area contributed by atoms with Gasteiger partial charge in [0.15, 0.2) is 0 Å². The molecule has 202 valence electrons. The zero-order valence-corrected chi connectivity index (χ0v) is 20.5. The molecule has 3 fully saturated rings. The molecule has 10 heteroatoms. The molecule has 1 aromatic rings. The summed E-state index contributed by atoms with van der Waals surface area (Å²) in [4.78, 5) is 25.2. The summed E-state index contributed by atoms with van der Waals surface area (Å²) in [5.74, 6) is -0.963. The molecule has 1 N–H and O–H groups in total. The molecular weight excluding hydrogens is 500 g/mol. The monoisotopic (exact) mass is 529 g/mol. The number of benzene rings is 1. The third-order valence-electron chi connectivity index (χ3n) is 9.76. The van der Waals surface area contributed by atoms with Gasteiger partial charge in [-0.3, -0.25) is 4.79 Å². The maximum Gasteiger partial charge on any atom is 0.418 e. The van der Waals surface area contributed by atoms with Crippen LogP contribution in [-0.2, 0) is 26.7 Å². The first kappa shape index (κ1) is 26.1. The smallest absolute Gasteiger partial charge is 0.418 e. The molecule has 1 aromatic carbocycles. The maximum absolute atomic E-state index is 13.6. The number of halogens is 6. The number of alkyl halides is 6. The summed E-state index contributed by atoms with van der Waals surface area (Å²) in [6.45, 7) is 4.10. The molecule has 4 aliphatic rings. The minimum absolute atomic E-state index is 0.148. The van der Waals surface area contributed by atoms with Crippen molar-refractivity contribution in [2.24, 2.45) is 34.5 Å². The lowest BCUT2D eigenvalue weighted by Crippen LogP contribution is -2.55. The van der Waals surface area contributed by atoms with Crippen molar-refractivity contribution in [3.63, 3.8) is 0 Å². The Bertz CT molecular complexity index is 1140. The standard InChI is InChI=1S/C27H29F6NO3/c1-24-11-9-17-15(4-8-21-25(17,2)12-10-22(35)37-21)16(24)6-7-19(24)23(36)34-20-13-14(26(28,29)30)3-5-18(20)27(31,32)33/h3,5,10,12-13,15-17,19,21H,4,6-9,11H2,1-2H3,(H,34,36)/t15?,16?,17?,19?,21-,24+,25-/m1/s1. The van der Waals surface area contributed by atoms with Crippen molar-refractivity contribution in [3.8, 4) is 0 Å². The van der Waals surface area contributed by atoms with Crippen LogP contribution in [0.3, 0.4) is 0 Å². The van der Waals surface area contributed by atoms with E-state index in [9.17, 15) is 35.9 Å². The van der Waals surface area contributed by atoms with Gasteiger partial charge in [-0.05, 0) is 79.9 Å². The van der Waals surface area contributed by atoms with Crippen LogP contribution in [0.2, 0.25) is 0 Å². The Balaban J connectivity index is 1.40. The van der Waals surface area contributed by atoms with Crippen LogP contribution >= 0.6 is 0 Å². The second-order valence-electron chi connectivity index (χ2n) is 11.5. The van der Waals surface area contributed by atoms with E-state index in [-0.39, 0.29) is 35.2 Å². The highest BCUT2D eigenvalue weighted by atomic mass is 19.4.